The predicted octanol–water partition coefficient (Wildman–Crippen LogP) is 2.14. The molecule has 1 aromatic rings. The van der Waals surface area contributed by atoms with Crippen molar-refractivity contribution in [3.8, 4) is 0 Å². The normalized spacial score (nSPS) is 12.5. The number of benzene rings is 1. The summed E-state index contributed by atoms with van der Waals surface area (Å²) in [5.41, 5.74) is 10.3. The fourth-order valence-electron chi connectivity index (χ4n) is 1.97. The van der Waals surface area contributed by atoms with Gasteiger partial charge < -0.3 is 11.1 Å². The van der Waals surface area contributed by atoms with Crippen LogP contribution in [0.1, 0.15) is 41.6 Å². The largest absolute Gasteiger partial charge is 0.370 e. The van der Waals surface area contributed by atoms with E-state index in [1.807, 2.05) is 0 Å². The van der Waals surface area contributed by atoms with Crippen LogP contribution in [0.15, 0.2) is 12.1 Å². The lowest BCUT2D eigenvalue weighted by atomic mass is 9.96. The first-order chi connectivity index (χ1) is 7.91. The Kier molecular flexibility index (Phi) is 4.70. The van der Waals surface area contributed by atoms with E-state index in [0.29, 0.717) is 13.0 Å². The summed E-state index contributed by atoms with van der Waals surface area (Å²) in [5.74, 6) is -0.262. The topological polar surface area (TPSA) is 55.1 Å². The molecule has 3 N–H and O–H groups in total. The van der Waals surface area contributed by atoms with Gasteiger partial charge in [0.05, 0.1) is 0 Å². The summed E-state index contributed by atoms with van der Waals surface area (Å²) in [6.45, 7) is 9.10. The van der Waals surface area contributed by atoms with Gasteiger partial charge in [-0.2, -0.15) is 0 Å². The molecule has 3 nitrogen and oxygen atoms in total. The molecule has 1 rings (SSSR count). The summed E-state index contributed by atoms with van der Waals surface area (Å²) < 4.78 is 0. The number of aryl methyl sites for hydroxylation is 3. The van der Waals surface area contributed by atoms with Gasteiger partial charge in [0, 0.05) is 19.0 Å². The number of carbonyl (C=O) groups excluding carboxylic acids is 1. The lowest BCUT2D eigenvalue weighted by molar-refractivity contribution is -0.117. The number of nitrogens with one attached hydrogen (secondary N) is 1. The number of nitrogens with two attached hydrogens (primary N) is 1. The SMILES string of the molecule is Cc1cc(C)c(C(C)NCCC(N)=O)cc1C. The van der Waals surface area contributed by atoms with Crippen molar-refractivity contribution >= 4 is 5.91 Å². The van der Waals surface area contributed by atoms with Gasteiger partial charge in [-0.25, -0.2) is 0 Å². The molecule has 1 unspecified atom stereocenters. The summed E-state index contributed by atoms with van der Waals surface area (Å²) in [6, 6.07) is 4.66. The van der Waals surface area contributed by atoms with Gasteiger partial charge in [0.1, 0.15) is 0 Å². The molecule has 0 heterocycles. The molecule has 0 aromatic heterocycles. The quantitative estimate of drug-likeness (QED) is 0.820. The summed E-state index contributed by atoms with van der Waals surface area (Å²) in [4.78, 5) is 10.7. The van der Waals surface area contributed by atoms with Gasteiger partial charge in [0.25, 0.3) is 0 Å². The van der Waals surface area contributed by atoms with E-state index < -0.39 is 0 Å². The molecule has 94 valence electrons. The molecule has 0 aliphatic rings. The molecule has 0 aliphatic heterocycles. The number of hydrogen-bond donors (Lipinski definition) is 2. The average Bonchev–Trinajstić information content (AvgIpc) is 2.22. The van der Waals surface area contributed by atoms with Gasteiger partial charge in [-0.3, -0.25) is 4.79 Å². The van der Waals surface area contributed by atoms with Crippen LogP contribution in [0.25, 0.3) is 0 Å². The van der Waals surface area contributed by atoms with Crippen molar-refractivity contribution in [2.24, 2.45) is 5.73 Å². The minimum Gasteiger partial charge on any atom is -0.370 e. The fraction of sp³-hybridized carbons (Fsp3) is 0.500. The van der Waals surface area contributed by atoms with Crippen molar-refractivity contribution in [2.75, 3.05) is 6.54 Å². The van der Waals surface area contributed by atoms with Crippen molar-refractivity contribution in [3.05, 3.63) is 34.4 Å². The maximum atomic E-state index is 10.7. The van der Waals surface area contributed by atoms with E-state index in [-0.39, 0.29) is 11.9 Å². The van der Waals surface area contributed by atoms with Crippen LogP contribution in [0, 0.1) is 20.8 Å². The first-order valence-electron chi connectivity index (χ1n) is 6.01. The number of carbonyl (C=O) groups is 1. The lowest BCUT2D eigenvalue weighted by Gasteiger charge is -2.18. The Bertz CT molecular complexity index is 413. The van der Waals surface area contributed by atoms with Crippen LogP contribution in [0.3, 0.4) is 0 Å². The van der Waals surface area contributed by atoms with E-state index in [1.54, 1.807) is 0 Å². The van der Waals surface area contributed by atoms with Crippen molar-refractivity contribution in [2.45, 2.75) is 40.2 Å². The van der Waals surface area contributed by atoms with Crippen LogP contribution in [0.4, 0.5) is 0 Å². The molecular formula is C14H22N2O. The monoisotopic (exact) mass is 234 g/mol. The van der Waals surface area contributed by atoms with Gasteiger partial charge in [0.2, 0.25) is 5.91 Å². The van der Waals surface area contributed by atoms with E-state index in [0.717, 1.165) is 0 Å². The Morgan fingerprint density at radius 1 is 1.24 bits per heavy atom. The Hall–Kier alpha value is -1.35. The van der Waals surface area contributed by atoms with Gasteiger partial charge >= 0.3 is 0 Å². The highest BCUT2D eigenvalue weighted by atomic mass is 16.1. The highest BCUT2D eigenvalue weighted by molar-refractivity contribution is 5.73. The number of primary amides is 1. The van der Waals surface area contributed by atoms with Gasteiger partial charge in [-0.1, -0.05) is 12.1 Å². The highest BCUT2D eigenvalue weighted by Gasteiger charge is 2.09. The Labute approximate surface area is 103 Å². The summed E-state index contributed by atoms with van der Waals surface area (Å²) in [5, 5.41) is 3.32. The molecule has 17 heavy (non-hydrogen) atoms. The molecular weight excluding hydrogens is 212 g/mol. The number of hydrogen-bond acceptors (Lipinski definition) is 2. The summed E-state index contributed by atoms with van der Waals surface area (Å²) >= 11 is 0. The minimum absolute atomic E-state index is 0.244. The zero-order valence-corrected chi connectivity index (χ0v) is 11.1. The minimum atomic E-state index is -0.262. The summed E-state index contributed by atoms with van der Waals surface area (Å²) in [6.07, 6.45) is 0.383. The molecule has 1 aromatic carbocycles. The lowest BCUT2D eigenvalue weighted by Crippen LogP contribution is -2.25. The maximum absolute atomic E-state index is 10.7. The molecule has 3 heteroatoms. The molecule has 0 fully saturated rings. The number of amides is 1. The number of rotatable bonds is 5. The van der Waals surface area contributed by atoms with Crippen LogP contribution in [-0.4, -0.2) is 12.5 Å². The van der Waals surface area contributed by atoms with Gasteiger partial charge in [-0.15, -0.1) is 0 Å². The third-order valence-electron chi connectivity index (χ3n) is 3.17. The first-order valence-corrected chi connectivity index (χ1v) is 6.01. The zero-order chi connectivity index (χ0) is 13.0. The second-order valence-corrected chi connectivity index (χ2v) is 4.69. The van der Waals surface area contributed by atoms with E-state index in [2.05, 4.69) is 45.1 Å². The predicted molar refractivity (Wildman–Crippen MR) is 70.9 cm³/mol. The van der Waals surface area contributed by atoms with E-state index in [1.165, 1.54) is 22.3 Å². The molecule has 1 amide bonds. The second-order valence-electron chi connectivity index (χ2n) is 4.69. The standard InChI is InChI=1S/C14H22N2O/c1-9-7-11(3)13(8-10(9)2)12(4)16-6-5-14(15)17/h7-8,12,16H,5-6H2,1-4H3,(H2,15,17). The van der Waals surface area contributed by atoms with Crippen LogP contribution in [0.5, 0.6) is 0 Å². The van der Waals surface area contributed by atoms with Crippen molar-refractivity contribution in [1.29, 1.82) is 0 Å². The van der Waals surface area contributed by atoms with Gasteiger partial charge in [-0.05, 0) is 49.9 Å². The molecule has 1 atom stereocenters. The smallest absolute Gasteiger partial charge is 0.218 e. The molecule has 0 saturated carbocycles. The van der Waals surface area contributed by atoms with Crippen LogP contribution < -0.4 is 11.1 Å². The third kappa shape index (κ3) is 3.86. The third-order valence-corrected chi connectivity index (χ3v) is 3.17. The Morgan fingerprint density at radius 2 is 1.82 bits per heavy atom. The second kappa shape index (κ2) is 5.82. The molecule has 0 aliphatic carbocycles. The zero-order valence-electron chi connectivity index (χ0n) is 11.1. The molecule has 0 spiro atoms. The molecule has 0 radical (unpaired) electrons. The van der Waals surface area contributed by atoms with Crippen molar-refractivity contribution in [1.82, 2.24) is 5.32 Å². The van der Waals surface area contributed by atoms with E-state index in [9.17, 15) is 4.79 Å². The maximum Gasteiger partial charge on any atom is 0.218 e. The molecule has 0 saturated heterocycles. The van der Waals surface area contributed by atoms with Crippen molar-refractivity contribution < 1.29 is 4.79 Å². The van der Waals surface area contributed by atoms with E-state index >= 15 is 0 Å². The first kappa shape index (κ1) is 13.7. The van der Waals surface area contributed by atoms with E-state index in [4.69, 9.17) is 5.73 Å². The Morgan fingerprint density at radius 3 is 2.41 bits per heavy atom. The van der Waals surface area contributed by atoms with Gasteiger partial charge in [0.15, 0.2) is 0 Å². The van der Waals surface area contributed by atoms with Crippen LogP contribution in [0.2, 0.25) is 0 Å². The average molecular weight is 234 g/mol. The highest BCUT2D eigenvalue weighted by Crippen LogP contribution is 2.21. The molecule has 0 bridgehead atoms. The van der Waals surface area contributed by atoms with Crippen LogP contribution >= 0.6 is 0 Å². The van der Waals surface area contributed by atoms with Crippen LogP contribution in [-0.2, 0) is 4.79 Å². The summed E-state index contributed by atoms with van der Waals surface area (Å²) in [7, 11) is 0. The Balaban J connectivity index is 2.71. The fourth-order valence-corrected chi connectivity index (χ4v) is 1.97. The van der Waals surface area contributed by atoms with Crippen molar-refractivity contribution in [3.63, 3.8) is 0 Å².